The predicted molar refractivity (Wildman–Crippen MR) is 74.5 cm³/mol. The average molecular weight is 301 g/mol. The molecule has 0 aliphatic carbocycles. The smallest absolute Gasteiger partial charge is 0.326 e. The van der Waals surface area contributed by atoms with Gasteiger partial charge in [0.15, 0.2) is 18.2 Å². The Balaban J connectivity index is 2.46. The molecule has 1 aromatic rings. The Hall–Kier alpha value is -1.76. The quantitative estimate of drug-likeness (QED) is 0.761. The second-order valence-electron chi connectivity index (χ2n) is 3.96. The third-order valence-electron chi connectivity index (χ3n) is 2.44. The lowest BCUT2D eigenvalue weighted by atomic mass is 10.2. The van der Waals surface area contributed by atoms with E-state index >= 15 is 0 Å². The van der Waals surface area contributed by atoms with E-state index in [0.717, 1.165) is 0 Å². The molecule has 1 amide bonds. The highest BCUT2D eigenvalue weighted by molar-refractivity contribution is 7.98. The van der Waals surface area contributed by atoms with Crippen molar-refractivity contribution in [2.75, 3.05) is 18.6 Å². The van der Waals surface area contributed by atoms with Gasteiger partial charge in [-0.2, -0.15) is 11.8 Å². The van der Waals surface area contributed by atoms with Crippen molar-refractivity contribution in [2.45, 2.75) is 12.5 Å². The van der Waals surface area contributed by atoms with Crippen LogP contribution in [0.2, 0.25) is 0 Å². The van der Waals surface area contributed by atoms with Crippen LogP contribution in [0.25, 0.3) is 0 Å². The standard InChI is InChI=1S/C13H16FNO4S/c1-20-7-6-10(13(17)18)15-12(16)8-19-11-5-3-2-4-9(11)14/h2-5,10H,6-8H2,1H3,(H,15,16)(H,17,18)/t10-/m1/s1. The van der Waals surface area contributed by atoms with Gasteiger partial charge >= 0.3 is 5.97 Å². The zero-order chi connectivity index (χ0) is 15.0. The van der Waals surface area contributed by atoms with Gasteiger partial charge in [-0.3, -0.25) is 4.79 Å². The number of thioether (sulfide) groups is 1. The topological polar surface area (TPSA) is 75.6 Å². The van der Waals surface area contributed by atoms with E-state index in [9.17, 15) is 14.0 Å². The van der Waals surface area contributed by atoms with Crippen molar-refractivity contribution in [3.8, 4) is 5.75 Å². The zero-order valence-electron chi connectivity index (χ0n) is 11.0. The number of hydrogen-bond donors (Lipinski definition) is 2. The highest BCUT2D eigenvalue weighted by Crippen LogP contribution is 2.14. The number of rotatable bonds is 8. The summed E-state index contributed by atoms with van der Waals surface area (Å²) in [5, 5.41) is 11.3. The molecular weight excluding hydrogens is 285 g/mol. The molecule has 20 heavy (non-hydrogen) atoms. The molecular formula is C13H16FNO4S. The summed E-state index contributed by atoms with van der Waals surface area (Å²) >= 11 is 1.49. The van der Waals surface area contributed by atoms with E-state index in [-0.39, 0.29) is 5.75 Å². The van der Waals surface area contributed by atoms with Crippen molar-refractivity contribution in [1.82, 2.24) is 5.32 Å². The Morgan fingerprint density at radius 1 is 1.45 bits per heavy atom. The first-order valence-corrected chi connectivity index (χ1v) is 7.32. The summed E-state index contributed by atoms with van der Waals surface area (Å²) in [6, 6.07) is 4.73. The molecule has 0 saturated carbocycles. The molecule has 0 spiro atoms. The van der Waals surface area contributed by atoms with Crippen molar-refractivity contribution in [3.63, 3.8) is 0 Å². The lowest BCUT2D eigenvalue weighted by Crippen LogP contribution is -2.43. The predicted octanol–water partition coefficient (Wildman–Crippen LogP) is 1.53. The van der Waals surface area contributed by atoms with Crippen molar-refractivity contribution >= 4 is 23.6 Å². The normalized spacial score (nSPS) is 11.7. The molecule has 0 unspecified atom stereocenters. The molecule has 0 aliphatic heterocycles. The summed E-state index contributed by atoms with van der Waals surface area (Å²) < 4.78 is 18.2. The first-order chi connectivity index (χ1) is 9.54. The number of ether oxygens (including phenoxy) is 1. The van der Waals surface area contributed by atoms with Crippen LogP contribution in [0.5, 0.6) is 5.75 Å². The van der Waals surface area contributed by atoms with Crippen LogP contribution in [0.1, 0.15) is 6.42 Å². The Labute approximate surface area is 120 Å². The van der Waals surface area contributed by atoms with E-state index in [2.05, 4.69) is 5.32 Å². The number of aliphatic carboxylic acids is 1. The maximum atomic E-state index is 13.2. The van der Waals surface area contributed by atoms with Crippen molar-refractivity contribution < 1.29 is 23.8 Å². The fourth-order valence-electron chi connectivity index (χ4n) is 1.43. The van der Waals surface area contributed by atoms with Gasteiger partial charge in [-0.05, 0) is 30.6 Å². The van der Waals surface area contributed by atoms with Crippen LogP contribution < -0.4 is 10.1 Å². The number of nitrogens with one attached hydrogen (secondary N) is 1. The van der Waals surface area contributed by atoms with Crippen LogP contribution in [0.3, 0.4) is 0 Å². The third kappa shape index (κ3) is 5.48. The Morgan fingerprint density at radius 3 is 2.75 bits per heavy atom. The first-order valence-electron chi connectivity index (χ1n) is 5.93. The summed E-state index contributed by atoms with van der Waals surface area (Å²) in [6.07, 6.45) is 2.17. The number of benzene rings is 1. The molecule has 0 fully saturated rings. The van der Waals surface area contributed by atoms with Gasteiger partial charge in [0.05, 0.1) is 0 Å². The van der Waals surface area contributed by atoms with Crippen LogP contribution in [0.15, 0.2) is 24.3 Å². The number of para-hydroxylation sites is 1. The number of carboxylic acid groups (broad SMARTS) is 1. The summed E-state index contributed by atoms with van der Waals surface area (Å²) in [7, 11) is 0. The minimum Gasteiger partial charge on any atom is -0.481 e. The number of carbonyl (C=O) groups excluding carboxylic acids is 1. The molecule has 0 aliphatic rings. The van der Waals surface area contributed by atoms with Crippen LogP contribution >= 0.6 is 11.8 Å². The average Bonchev–Trinajstić information content (AvgIpc) is 2.42. The maximum Gasteiger partial charge on any atom is 0.326 e. The fraction of sp³-hybridized carbons (Fsp3) is 0.385. The summed E-state index contributed by atoms with van der Waals surface area (Å²) in [4.78, 5) is 22.5. The van der Waals surface area contributed by atoms with Gasteiger partial charge in [0.25, 0.3) is 5.91 Å². The SMILES string of the molecule is CSCC[C@@H](NC(=O)COc1ccccc1F)C(=O)O. The Bertz CT molecular complexity index is 469. The lowest BCUT2D eigenvalue weighted by Gasteiger charge is -2.14. The van der Waals surface area contributed by atoms with Gasteiger partial charge in [-0.1, -0.05) is 12.1 Å². The highest BCUT2D eigenvalue weighted by atomic mass is 32.2. The Morgan fingerprint density at radius 2 is 2.15 bits per heavy atom. The van der Waals surface area contributed by atoms with Crippen molar-refractivity contribution in [2.24, 2.45) is 0 Å². The molecule has 0 bridgehead atoms. The third-order valence-corrected chi connectivity index (χ3v) is 3.08. The molecule has 1 atom stereocenters. The number of hydrogen-bond acceptors (Lipinski definition) is 4. The second kappa shape index (κ2) is 8.42. The van der Waals surface area contributed by atoms with E-state index < -0.39 is 30.3 Å². The fourth-order valence-corrected chi connectivity index (χ4v) is 1.91. The van der Waals surface area contributed by atoms with Gasteiger partial charge in [-0.15, -0.1) is 0 Å². The first kappa shape index (κ1) is 16.3. The number of halogens is 1. The lowest BCUT2D eigenvalue weighted by molar-refractivity contribution is -0.142. The summed E-state index contributed by atoms with van der Waals surface area (Å²) in [6.45, 7) is -0.427. The number of carboxylic acids is 1. The second-order valence-corrected chi connectivity index (χ2v) is 4.94. The van der Waals surface area contributed by atoms with E-state index in [0.29, 0.717) is 12.2 Å². The molecule has 2 N–H and O–H groups in total. The van der Waals surface area contributed by atoms with E-state index in [1.807, 2.05) is 6.26 Å². The zero-order valence-corrected chi connectivity index (χ0v) is 11.8. The van der Waals surface area contributed by atoms with Gasteiger partial charge in [-0.25, -0.2) is 9.18 Å². The molecule has 0 radical (unpaired) electrons. The molecule has 1 aromatic carbocycles. The molecule has 110 valence electrons. The van der Waals surface area contributed by atoms with Crippen molar-refractivity contribution in [3.05, 3.63) is 30.1 Å². The van der Waals surface area contributed by atoms with E-state index in [1.165, 1.54) is 30.0 Å². The van der Waals surface area contributed by atoms with E-state index in [1.54, 1.807) is 6.07 Å². The van der Waals surface area contributed by atoms with Crippen LogP contribution in [-0.4, -0.2) is 41.6 Å². The monoisotopic (exact) mass is 301 g/mol. The highest BCUT2D eigenvalue weighted by Gasteiger charge is 2.19. The molecule has 0 aromatic heterocycles. The van der Waals surface area contributed by atoms with Crippen LogP contribution in [0.4, 0.5) is 4.39 Å². The molecule has 1 rings (SSSR count). The Kier molecular flexibility index (Phi) is 6.86. The van der Waals surface area contributed by atoms with Crippen LogP contribution in [-0.2, 0) is 9.59 Å². The molecule has 7 heteroatoms. The number of carbonyl (C=O) groups is 2. The molecule has 0 saturated heterocycles. The van der Waals surface area contributed by atoms with Crippen LogP contribution in [0, 0.1) is 5.82 Å². The largest absolute Gasteiger partial charge is 0.481 e. The maximum absolute atomic E-state index is 13.2. The summed E-state index contributed by atoms with van der Waals surface area (Å²) in [5.41, 5.74) is 0. The van der Waals surface area contributed by atoms with E-state index in [4.69, 9.17) is 9.84 Å². The summed E-state index contributed by atoms with van der Waals surface area (Å²) in [5.74, 6) is -1.69. The van der Waals surface area contributed by atoms with Crippen molar-refractivity contribution in [1.29, 1.82) is 0 Å². The number of amides is 1. The molecule has 5 nitrogen and oxygen atoms in total. The molecule has 0 heterocycles. The minimum atomic E-state index is -1.10. The van der Waals surface area contributed by atoms with Gasteiger partial charge in [0.1, 0.15) is 6.04 Å². The van der Waals surface area contributed by atoms with Gasteiger partial charge in [0, 0.05) is 0 Å². The van der Waals surface area contributed by atoms with Gasteiger partial charge < -0.3 is 15.2 Å². The minimum absolute atomic E-state index is 0.0429. The van der Waals surface area contributed by atoms with Gasteiger partial charge in [0.2, 0.25) is 0 Å².